The molecule has 0 aliphatic heterocycles. The molecule has 26 heavy (non-hydrogen) atoms. The zero-order chi connectivity index (χ0) is 18.6. The van der Waals surface area contributed by atoms with Gasteiger partial charge in [0.1, 0.15) is 4.88 Å². The van der Waals surface area contributed by atoms with Crippen LogP contribution in [0.5, 0.6) is 0 Å². The highest BCUT2D eigenvalue weighted by Crippen LogP contribution is 2.28. The van der Waals surface area contributed by atoms with Gasteiger partial charge in [0.25, 0.3) is 5.91 Å². The number of benzene rings is 2. The maximum absolute atomic E-state index is 12.4. The predicted molar refractivity (Wildman–Crippen MR) is 104 cm³/mol. The number of carbonyl (C=O) groups is 1. The highest BCUT2D eigenvalue weighted by molar-refractivity contribution is 7.88. The molecular formula is C19H18N2O3S2. The van der Waals surface area contributed by atoms with E-state index in [-0.39, 0.29) is 5.75 Å². The van der Waals surface area contributed by atoms with Gasteiger partial charge >= 0.3 is 0 Å². The Morgan fingerprint density at radius 2 is 1.69 bits per heavy atom. The number of hydrogen-bond acceptors (Lipinski definition) is 4. The second-order valence-electron chi connectivity index (χ2n) is 5.83. The Labute approximate surface area is 156 Å². The van der Waals surface area contributed by atoms with E-state index in [1.54, 1.807) is 24.3 Å². The van der Waals surface area contributed by atoms with E-state index in [0.29, 0.717) is 10.4 Å². The fourth-order valence-corrected chi connectivity index (χ4v) is 4.22. The lowest BCUT2D eigenvalue weighted by Gasteiger charge is -2.09. The van der Waals surface area contributed by atoms with Crippen molar-refractivity contribution in [2.75, 3.05) is 0 Å². The van der Waals surface area contributed by atoms with Crippen LogP contribution in [-0.2, 0) is 15.8 Å². The SMILES string of the molecule is Cc1ccc(-c2ccsc2C(=O)NNS(=O)(=O)Cc2ccccc2)cc1. The third kappa shape index (κ3) is 4.57. The Balaban J connectivity index is 1.69. The number of aryl methyl sites for hydroxylation is 1. The van der Waals surface area contributed by atoms with Gasteiger partial charge in [-0.15, -0.1) is 16.2 Å². The number of nitrogens with one attached hydrogen (secondary N) is 2. The summed E-state index contributed by atoms with van der Waals surface area (Å²) in [4.78, 5) is 15.1. The minimum Gasteiger partial charge on any atom is -0.273 e. The maximum Gasteiger partial charge on any atom is 0.276 e. The first kappa shape index (κ1) is 18.3. The van der Waals surface area contributed by atoms with Crippen molar-refractivity contribution < 1.29 is 13.2 Å². The van der Waals surface area contributed by atoms with Crippen molar-refractivity contribution >= 4 is 27.3 Å². The first-order valence-corrected chi connectivity index (χ1v) is 10.5. The van der Waals surface area contributed by atoms with E-state index in [9.17, 15) is 13.2 Å². The quantitative estimate of drug-likeness (QED) is 0.637. The number of hydrogen-bond donors (Lipinski definition) is 2. The van der Waals surface area contributed by atoms with Gasteiger partial charge in [-0.05, 0) is 29.5 Å². The average Bonchev–Trinajstić information content (AvgIpc) is 3.11. The van der Waals surface area contributed by atoms with E-state index in [1.165, 1.54) is 11.3 Å². The second-order valence-corrected chi connectivity index (χ2v) is 8.47. The van der Waals surface area contributed by atoms with Gasteiger partial charge < -0.3 is 0 Å². The van der Waals surface area contributed by atoms with Crippen molar-refractivity contribution in [2.45, 2.75) is 12.7 Å². The summed E-state index contributed by atoms with van der Waals surface area (Å²) in [5.74, 6) is -0.684. The molecule has 0 saturated heterocycles. The molecule has 0 spiro atoms. The number of amides is 1. The molecule has 1 amide bonds. The summed E-state index contributed by atoms with van der Waals surface area (Å²) in [7, 11) is -3.68. The monoisotopic (exact) mass is 386 g/mol. The fourth-order valence-electron chi connectivity index (χ4n) is 2.46. The number of hydrazine groups is 1. The third-order valence-corrected chi connectivity index (χ3v) is 5.79. The van der Waals surface area contributed by atoms with Crippen molar-refractivity contribution in [3.05, 3.63) is 82.0 Å². The molecule has 3 aromatic rings. The van der Waals surface area contributed by atoms with Crippen molar-refractivity contribution in [1.82, 2.24) is 10.3 Å². The van der Waals surface area contributed by atoms with E-state index in [2.05, 4.69) is 10.3 Å². The maximum atomic E-state index is 12.4. The first-order chi connectivity index (χ1) is 12.4. The summed E-state index contributed by atoms with van der Waals surface area (Å²) in [6, 6.07) is 18.4. The molecule has 0 unspecified atom stereocenters. The molecular weight excluding hydrogens is 368 g/mol. The van der Waals surface area contributed by atoms with Gasteiger partial charge in [0, 0.05) is 5.56 Å². The number of carbonyl (C=O) groups excluding carboxylic acids is 1. The summed E-state index contributed by atoms with van der Waals surface area (Å²) in [6.45, 7) is 1.99. The van der Waals surface area contributed by atoms with Crippen LogP contribution in [0.1, 0.15) is 20.8 Å². The number of thiophene rings is 1. The smallest absolute Gasteiger partial charge is 0.273 e. The topological polar surface area (TPSA) is 75.3 Å². The van der Waals surface area contributed by atoms with E-state index in [1.807, 2.05) is 48.7 Å². The molecule has 1 aromatic heterocycles. The van der Waals surface area contributed by atoms with Gasteiger partial charge in [-0.1, -0.05) is 60.2 Å². The van der Waals surface area contributed by atoms with Crippen LogP contribution < -0.4 is 10.3 Å². The Bertz CT molecular complexity index is 995. The predicted octanol–water partition coefficient (Wildman–Crippen LogP) is 3.49. The van der Waals surface area contributed by atoms with Crippen LogP contribution in [0.15, 0.2) is 66.0 Å². The highest BCUT2D eigenvalue weighted by atomic mass is 32.2. The first-order valence-electron chi connectivity index (χ1n) is 7.93. The van der Waals surface area contributed by atoms with Gasteiger partial charge in [-0.25, -0.2) is 8.42 Å². The zero-order valence-electron chi connectivity index (χ0n) is 14.1. The Morgan fingerprint density at radius 1 is 1.00 bits per heavy atom. The van der Waals surface area contributed by atoms with E-state index < -0.39 is 15.9 Å². The van der Waals surface area contributed by atoms with E-state index in [4.69, 9.17) is 0 Å². The van der Waals surface area contributed by atoms with Crippen LogP contribution >= 0.6 is 11.3 Å². The highest BCUT2D eigenvalue weighted by Gasteiger charge is 2.17. The van der Waals surface area contributed by atoms with Crippen molar-refractivity contribution in [3.63, 3.8) is 0 Å². The minimum absolute atomic E-state index is 0.205. The molecule has 7 heteroatoms. The Hall–Kier alpha value is -2.48. The summed E-state index contributed by atoms with van der Waals surface area (Å²) in [5, 5.41) is 1.81. The molecule has 0 aliphatic carbocycles. The third-order valence-electron chi connectivity index (χ3n) is 3.75. The van der Waals surface area contributed by atoms with E-state index >= 15 is 0 Å². The molecule has 1 heterocycles. The van der Waals surface area contributed by atoms with Gasteiger partial charge in [0.05, 0.1) is 5.75 Å². The van der Waals surface area contributed by atoms with Gasteiger partial charge in [-0.3, -0.25) is 10.2 Å². The summed E-state index contributed by atoms with van der Waals surface area (Å²) in [6.07, 6.45) is 0. The van der Waals surface area contributed by atoms with Crippen LogP contribution in [0.25, 0.3) is 11.1 Å². The van der Waals surface area contributed by atoms with E-state index in [0.717, 1.165) is 16.7 Å². The van der Waals surface area contributed by atoms with Crippen molar-refractivity contribution in [2.24, 2.45) is 0 Å². The molecule has 5 nitrogen and oxygen atoms in total. The molecule has 0 radical (unpaired) electrons. The molecule has 134 valence electrons. The summed E-state index contributed by atoms with van der Waals surface area (Å²) in [5.41, 5.74) is 5.76. The van der Waals surface area contributed by atoms with Crippen LogP contribution in [0.2, 0.25) is 0 Å². The van der Waals surface area contributed by atoms with Crippen molar-refractivity contribution in [1.29, 1.82) is 0 Å². The van der Waals surface area contributed by atoms with Crippen molar-refractivity contribution in [3.8, 4) is 11.1 Å². The van der Waals surface area contributed by atoms with Gasteiger partial charge in [-0.2, -0.15) is 0 Å². The summed E-state index contributed by atoms with van der Waals surface area (Å²) >= 11 is 1.26. The molecule has 0 aliphatic rings. The number of rotatable bonds is 6. The summed E-state index contributed by atoms with van der Waals surface area (Å²) < 4.78 is 24.3. The van der Waals surface area contributed by atoms with Gasteiger partial charge in [0.15, 0.2) is 0 Å². The standard InChI is InChI=1S/C19H18N2O3S2/c1-14-7-9-16(10-8-14)17-11-12-25-18(17)19(22)20-21-26(23,24)13-15-5-3-2-4-6-15/h2-12,21H,13H2,1H3,(H,20,22). The molecule has 2 N–H and O–H groups in total. The average molecular weight is 386 g/mol. The molecule has 0 atom stereocenters. The van der Waals surface area contributed by atoms with Crippen LogP contribution in [0.4, 0.5) is 0 Å². The molecule has 0 saturated carbocycles. The largest absolute Gasteiger partial charge is 0.276 e. The van der Waals surface area contributed by atoms with Crippen LogP contribution in [0.3, 0.4) is 0 Å². The lowest BCUT2D eigenvalue weighted by atomic mass is 10.1. The fraction of sp³-hybridized carbons (Fsp3) is 0.105. The lowest BCUT2D eigenvalue weighted by molar-refractivity contribution is 0.0949. The Kier molecular flexibility index (Phi) is 5.51. The molecule has 2 aromatic carbocycles. The minimum atomic E-state index is -3.68. The normalized spacial score (nSPS) is 11.3. The Morgan fingerprint density at radius 3 is 2.38 bits per heavy atom. The molecule has 0 bridgehead atoms. The lowest BCUT2D eigenvalue weighted by Crippen LogP contribution is -2.42. The number of sulfonamides is 1. The van der Waals surface area contributed by atoms with Gasteiger partial charge in [0.2, 0.25) is 10.0 Å². The molecule has 0 fully saturated rings. The molecule has 3 rings (SSSR count). The second kappa shape index (κ2) is 7.82. The zero-order valence-corrected chi connectivity index (χ0v) is 15.7. The van der Waals surface area contributed by atoms with Crippen LogP contribution in [-0.4, -0.2) is 14.3 Å². The van der Waals surface area contributed by atoms with Crippen LogP contribution in [0, 0.1) is 6.92 Å².